The van der Waals surface area contributed by atoms with E-state index in [1.807, 2.05) is 0 Å². The Morgan fingerprint density at radius 2 is 0.964 bits per heavy atom. The molecule has 11 aromatic rings. The molecule has 262 valence electrons. The monoisotopic (exact) mass is 712 g/mol. The van der Waals surface area contributed by atoms with Crippen LogP contribution in [0.2, 0.25) is 0 Å². The molecule has 0 aliphatic rings. The molecule has 1 heterocycles. The molecule has 0 fully saturated rings. The molecule has 10 aromatic carbocycles. The number of hydrogen-bond acceptors (Lipinski definition) is 1. The second kappa shape index (κ2) is 12.7. The van der Waals surface area contributed by atoms with Gasteiger partial charge >= 0.3 is 0 Å². The van der Waals surface area contributed by atoms with Gasteiger partial charge in [0.15, 0.2) is 0 Å². The molecule has 1 nitrogen and oxygen atoms in total. The van der Waals surface area contributed by atoms with Gasteiger partial charge in [0.2, 0.25) is 0 Å². The molecular formula is C55H36O. The summed E-state index contributed by atoms with van der Waals surface area (Å²) in [6.07, 6.45) is 2.10. The van der Waals surface area contributed by atoms with E-state index in [0.717, 1.165) is 32.6 Å². The molecule has 0 unspecified atom stereocenters. The van der Waals surface area contributed by atoms with Crippen molar-refractivity contribution in [2.75, 3.05) is 0 Å². The Balaban J connectivity index is 1.10. The lowest BCUT2D eigenvalue weighted by atomic mass is 9.83. The molecule has 0 saturated heterocycles. The maximum absolute atomic E-state index is 6.46. The molecule has 0 aliphatic carbocycles. The van der Waals surface area contributed by atoms with Crippen LogP contribution in [0.5, 0.6) is 0 Å². The highest BCUT2D eigenvalue weighted by molar-refractivity contribution is 6.25. The average Bonchev–Trinajstić information content (AvgIpc) is 3.54. The van der Waals surface area contributed by atoms with Crippen LogP contribution >= 0.6 is 0 Å². The summed E-state index contributed by atoms with van der Waals surface area (Å²) in [5.74, 6) is 0. The minimum atomic E-state index is 0.802. The number of rotatable bonds is 4. The van der Waals surface area contributed by atoms with Gasteiger partial charge < -0.3 is 4.42 Å². The van der Waals surface area contributed by atoms with E-state index in [-0.39, 0.29) is 0 Å². The van der Waals surface area contributed by atoms with Crippen LogP contribution in [-0.4, -0.2) is 0 Å². The van der Waals surface area contributed by atoms with Crippen molar-refractivity contribution >= 4 is 77.5 Å². The van der Waals surface area contributed by atoms with E-state index in [1.165, 1.54) is 87.4 Å². The molecule has 0 aliphatic heterocycles. The first kappa shape index (κ1) is 32.2. The van der Waals surface area contributed by atoms with Crippen molar-refractivity contribution in [2.45, 2.75) is 6.92 Å². The Morgan fingerprint density at radius 3 is 1.66 bits per heavy atom. The molecule has 0 bridgehead atoms. The smallest absolute Gasteiger partial charge is 0.136 e. The molecule has 56 heavy (non-hydrogen) atoms. The molecule has 0 atom stereocenters. The fourth-order valence-corrected chi connectivity index (χ4v) is 9.00. The summed E-state index contributed by atoms with van der Waals surface area (Å²) in [4.78, 5) is 0. The van der Waals surface area contributed by atoms with Crippen LogP contribution in [0.15, 0.2) is 186 Å². The standard InChI is InChI=1S/C55H36O/c1-34-14-3-4-16-37(34)32-52-35(2)51-31-38-26-27-39(30-40(38)33-53(51)56-52)42-28-29-50(44-20-8-7-19-43(42)44)55-48-23-11-9-21-46(48)54(47-22-10-12-24-49(47)55)45-25-13-17-36-15-5-6-18-41(36)45/h3-33H,2H2,1H3/b52-32+. The molecule has 0 radical (unpaired) electrons. The second-order valence-corrected chi connectivity index (χ2v) is 14.9. The highest BCUT2D eigenvalue weighted by Crippen LogP contribution is 2.47. The van der Waals surface area contributed by atoms with Gasteiger partial charge in [-0.25, -0.2) is 0 Å². The van der Waals surface area contributed by atoms with Gasteiger partial charge in [0.1, 0.15) is 11.0 Å². The van der Waals surface area contributed by atoms with Crippen molar-refractivity contribution in [1.82, 2.24) is 0 Å². The average molecular weight is 713 g/mol. The minimum Gasteiger partial charge on any atom is -0.456 e. The van der Waals surface area contributed by atoms with Crippen molar-refractivity contribution < 1.29 is 4.42 Å². The summed E-state index contributed by atoms with van der Waals surface area (Å²) in [6, 6.07) is 66.4. The Labute approximate surface area is 324 Å². The van der Waals surface area contributed by atoms with Crippen molar-refractivity contribution in [3.8, 4) is 33.4 Å². The fraction of sp³-hybridized carbons (Fsp3) is 0.0182. The van der Waals surface area contributed by atoms with Gasteiger partial charge in [0, 0.05) is 10.6 Å². The van der Waals surface area contributed by atoms with E-state index in [1.54, 1.807) is 0 Å². The summed E-state index contributed by atoms with van der Waals surface area (Å²) in [5, 5.41) is 14.3. The molecule has 0 spiro atoms. The summed E-state index contributed by atoms with van der Waals surface area (Å²) < 4.78 is 6.46. The Hall–Kier alpha value is -7.22. The number of benzene rings is 10. The Kier molecular flexibility index (Phi) is 7.30. The van der Waals surface area contributed by atoms with Crippen molar-refractivity contribution in [1.29, 1.82) is 0 Å². The number of aryl methyl sites for hydroxylation is 1. The molecule has 1 aromatic heterocycles. The molecular weight excluding hydrogens is 677 g/mol. The van der Waals surface area contributed by atoms with E-state index in [0.29, 0.717) is 0 Å². The van der Waals surface area contributed by atoms with Gasteiger partial charge in [-0.15, -0.1) is 0 Å². The molecule has 0 saturated carbocycles. The lowest BCUT2D eigenvalue weighted by molar-refractivity contribution is 0.576. The van der Waals surface area contributed by atoms with Crippen LogP contribution in [0.1, 0.15) is 11.1 Å². The number of fused-ring (bicyclic) bond motifs is 6. The largest absolute Gasteiger partial charge is 0.456 e. The zero-order valence-corrected chi connectivity index (χ0v) is 31.0. The quantitative estimate of drug-likeness (QED) is 0.166. The summed E-state index contributed by atoms with van der Waals surface area (Å²) in [6.45, 7) is 6.54. The zero-order valence-electron chi connectivity index (χ0n) is 31.0. The van der Waals surface area contributed by atoms with E-state index in [2.05, 4.69) is 202 Å². The van der Waals surface area contributed by atoms with E-state index >= 15 is 0 Å². The summed E-state index contributed by atoms with van der Waals surface area (Å²) >= 11 is 0. The normalized spacial score (nSPS) is 12.2. The summed E-state index contributed by atoms with van der Waals surface area (Å²) in [5.41, 5.74) is 11.4. The van der Waals surface area contributed by atoms with Gasteiger partial charge in [-0.1, -0.05) is 170 Å². The first-order valence-corrected chi connectivity index (χ1v) is 19.3. The van der Waals surface area contributed by atoms with Gasteiger partial charge in [-0.3, -0.25) is 0 Å². The topological polar surface area (TPSA) is 13.1 Å². The van der Waals surface area contributed by atoms with Crippen molar-refractivity contribution in [3.63, 3.8) is 0 Å². The van der Waals surface area contributed by atoms with Gasteiger partial charge in [0.25, 0.3) is 0 Å². The molecule has 11 rings (SSSR count). The van der Waals surface area contributed by atoms with E-state index < -0.39 is 0 Å². The van der Waals surface area contributed by atoms with Crippen LogP contribution in [0.25, 0.3) is 111 Å². The van der Waals surface area contributed by atoms with Crippen LogP contribution < -0.4 is 10.6 Å². The highest BCUT2D eigenvalue weighted by Gasteiger charge is 2.20. The van der Waals surface area contributed by atoms with Crippen LogP contribution in [0.3, 0.4) is 0 Å². The first-order chi connectivity index (χ1) is 27.6. The molecule has 0 amide bonds. The highest BCUT2D eigenvalue weighted by atomic mass is 16.3. The van der Waals surface area contributed by atoms with Crippen LogP contribution in [0, 0.1) is 6.92 Å². The fourth-order valence-electron chi connectivity index (χ4n) is 9.00. The van der Waals surface area contributed by atoms with Gasteiger partial charge in [-0.05, 0) is 130 Å². The molecule has 1 heteroatoms. The van der Waals surface area contributed by atoms with E-state index in [4.69, 9.17) is 4.42 Å². The lowest BCUT2D eigenvalue weighted by Crippen LogP contribution is -2.18. The third-order valence-corrected chi connectivity index (χ3v) is 11.8. The maximum atomic E-state index is 6.46. The second-order valence-electron chi connectivity index (χ2n) is 14.9. The Bertz CT molecular complexity index is 3450. The van der Waals surface area contributed by atoms with Crippen LogP contribution in [0.4, 0.5) is 0 Å². The van der Waals surface area contributed by atoms with E-state index in [9.17, 15) is 0 Å². The molecule has 0 N–H and O–H groups in total. The predicted molar refractivity (Wildman–Crippen MR) is 240 cm³/mol. The minimum absolute atomic E-state index is 0.802. The third kappa shape index (κ3) is 5.02. The zero-order chi connectivity index (χ0) is 37.3. The number of hydrogen-bond donors (Lipinski definition) is 0. The first-order valence-electron chi connectivity index (χ1n) is 19.3. The predicted octanol–water partition coefficient (Wildman–Crippen LogP) is 13.7. The van der Waals surface area contributed by atoms with Gasteiger partial charge in [-0.2, -0.15) is 0 Å². The third-order valence-electron chi connectivity index (χ3n) is 11.8. The Morgan fingerprint density at radius 1 is 0.411 bits per heavy atom. The SMILES string of the molecule is C=c1/c(=C\c2ccccc2C)oc2cc3cc(-c4ccc(-c5c6ccccc6c(-c6cccc7ccccc67)c6ccccc56)c5ccccc45)ccc3cc12. The van der Waals surface area contributed by atoms with Crippen molar-refractivity contribution in [3.05, 3.63) is 204 Å². The van der Waals surface area contributed by atoms with Crippen molar-refractivity contribution in [2.24, 2.45) is 0 Å². The number of furan rings is 1. The van der Waals surface area contributed by atoms with Crippen LogP contribution in [-0.2, 0) is 0 Å². The van der Waals surface area contributed by atoms with Gasteiger partial charge in [0.05, 0.1) is 0 Å². The summed E-state index contributed by atoms with van der Waals surface area (Å²) in [7, 11) is 0. The maximum Gasteiger partial charge on any atom is 0.136 e. The lowest BCUT2D eigenvalue weighted by Gasteiger charge is -2.20.